The van der Waals surface area contributed by atoms with E-state index in [0.717, 1.165) is 21.6 Å². The number of ether oxygens (including phenoxy) is 1. The summed E-state index contributed by atoms with van der Waals surface area (Å²) in [6.45, 7) is 0.415. The molecule has 0 radical (unpaired) electrons. The van der Waals surface area contributed by atoms with Crippen LogP contribution in [0.2, 0.25) is 0 Å². The van der Waals surface area contributed by atoms with Gasteiger partial charge in [-0.15, -0.1) is 0 Å². The molecule has 0 aromatic heterocycles. The molecule has 1 amide bonds. The number of nitrogens with zero attached hydrogens (tertiary/aromatic N) is 2. The maximum Gasteiger partial charge on any atom is 0.414 e. The molecule has 29 heavy (non-hydrogen) atoms. The van der Waals surface area contributed by atoms with Crippen LogP contribution in [0.25, 0.3) is 0 Å². The zero-order valence-corrected chi connectivity index (χ0v) is 17.5. The van der Waals surface area contributed by atoms with E-state index in [-0.39, 0.29) is 30.2 Å². The van der Waals surface area contributed by atoms with Crippen molar-refractivity contribution >= 4 is 37.7 Å². The van der Waals surface area contributed by atoms with Crippen molar-refractivity contribution < 1.29 is 26.7 Å². The fourth-order valence-corrected chi connectivity index (χ4v) is 5.74. The van der Waals surface area contributed by atoms with Crippen molar-refractivity contribution in [3.05, 3.63) is 58.1 Å². The number of rotatable bonds is 3. The SMILES string of the molecule is O=C1OCc2ccccc2N1C1CCN(S(=O)(=O)c2cc(Br)c(F)cc2F)CC1. The summed E-state index contributed by atoms with van der Waals surface area (Å²) in [5.41, 5.74) is 1.65. The molecule has 2 aromatic rings. The monoisotopic (exact) mass is 486 g/mol. The lowest BCUT2D eigenvalue weighted by atomic mass is 10.0. The number of anilines is 1. The van der Waals surface area contributed by atoms with Crippen LogP contribution in [0.4, 0.5) is 19.3 Å². The molecule has 0 unspecified atom stereocenters. The molecule has 0 saturated carbocycles. The van der Waals surface area contributed by atoms with Crippen LogP contribution in [0.15, 0.2) is 45.8 Å². The van der Waals surface area contributed by atoms with Crippen LogP contribution in [0.5, 0.6) is 0 Å². The van der Waals surface area contributed by atoms with Gasteiger partial charge in [-0.1, -0.05) is 18.2 Å². The van der Waals surface area contributed by atoms with E-state index in [1.54, 1.807) is 4.90 Å². The number of halogens is 3. The Hall–Kier alpha value is -2.04. The van der Waals surface area contributed by atoms with E-state index < -0.39 is 32.6 Å². The molecule has 1 fully saturated rings. The van der Waals surface area contributed by atoms with Gasteiger partial charge in [0, 0.05) is 30.8 Å². The van der Waals surface area contributed by atoms with Gasteiger partial charge in [-0.25, -0.2) is 22.0 Å². The first-order valence-electron chi connectivity index (χ1n) is 8.97. The third-order valence-electron chi connectivity index (χ3n) is 5.18. The van der Waals surface area contributed by atoms with Crippen LogP contribution < -0.4 is 4.90 Å². The minimum Gasteiger partial charge on any atom is -0.444 e. The van der Waals surface area contributed by atoms with Crippen LogP contribution in [-0.2, 0) is 21.4 Å². The molecule has 154 valence electrons. The van der Waals surface area contributed by atoms with Crippen molar-refractivity contribution in [1.29, 1.82) is 0 Å². The second-order valence-corrected chi connectivity index (χ2v) is 9.65. The van der Waals surface area contributed by atoms with Gasteiger partial charge in [-0.3, -0.25) is 4.90 Å². The first-order valence-corrected chi connectivity index (χ1v) is 11.2. The second kappa shape index (κ2) is 7.66. The van der Waals surface area contributed by atoms with Crippen LogP contribution >= 0.6 is 15.9 Å². The van der Waals surface area contributed by atoms with Crippen LogP contribution in [0, 0.1) is 11.6 Å². The summed E-state index contributed by atoms with van der Waals surface area (Å²) in [7, 11) is -4.13. The number of amides is 1. The van der Waals surface area contributed by atoms with Crippen LogP contribution in [-0.4, -0.2) is 37.9 Å². The molecule has 0 atom stereocenters. The van der Waals surface area contributed by atoms with E-state index in [4.69, 9.17) is 4.74 Å². The van der Waals surface area contributed by atoms with Gasteiger partial charge < -0.3 is 4.74 Å². The first-order chi connectivity index (χ1) is 13.8. The van der Waals surface area contributed by atoms with E-state index in [1.165, 1.54) is 0 Å². The highest BCUT2D eigenvalue weighted by Gasteiger charge is 2.37. The summed E-state index contributed by atoms with van der Waals surface area (Å²) in [6.07, 6.45) is 0.276. The highest BCUT2D eigenvalue weighted by atomic mass is 79.9. The molecule has 2 aliphatic rings. The molecule has 10 heteroatoms. The molecule has 0 N–H and O–H groups in total. The Morgan fingerprint density at radius 3 is 2.48 bits per heavy atom. The molecule has 2 heterocycles. The molecule has 4 rings (SSSR count). The van der Waals surface area contributed by atoms with Gasteiger partial charge in [0.1, 0.15) is 23.1 Å². The quantitative estimate of drug-likeness (QED) is 0.614. The van der Waals surface area contributed by atoms with Gasteiger partial charge in [-0.2, -0.15) is 4.31 Å². The van der Waals surface area contributed by atoms with Crippen molar-refractivity contribution in [1.82, 2.24) is 4.31 Å². The highest BCUT2D eigenvalue weighted by molar-refractivity contribution is 9.10. The fourth-order valence-electron chi connectivity index (χ4n) is 3.70. The molecule has 0 bridgehead atoms. The molecular weight excluding hydrogens is 470 g/mol. The zero-order chi connectivity index (χ0) is 20.8. The van der Waals surface area contributed by atoms with Crippen molar-refractivity contribution in [2.75, 3.05) is 18.0 Å². The first kappa shape index (κ1) is 20.2. The van der Waals surface area contributed by atoms with Crippen LogP contribution in [0.1, 0.15) is 18.4 Å². The average Bonchev–Trinajstić information content (AvgIpc) is 2.70. The molecule has 1 saturated heterocycles. The number of carbonyl (C=O) groups excluding carboxylic acids is 1. The van der Waals surface area contributed by atoms with Crippen molar-refractivity contribution in [3.8, 4) is 0 Å². The van der Waals surface area contributed by atoms with Crippen molar-refractivity contribution in [2.45, 2.75) is 30.4 Å². The Morgan fingerprint density at radius 2 is 1.76 bits per heavy atom. The number of hydrogen-bond donors (Lipinski definition) is 0. The fraction of sp³-hybridized carbons (Fsp3) is 0.316. The summed E-state index contributed by atoms with van der Waals surface area (Å²) in [4.78, 5) is 13.3. The Morgan fingerprint density at radius 1 is 1.07 bits per heavy atom. The van der Waals surface area contributed by atoms with Gasteiger partial charge in [0.15, 0.2) is 0 Å². The maximum atomic E-state index is 14.1. The molecule has 0 spiro atoms. The minimum atomic E-state index is -4.13. The summed E-state index contributed by atoms with van der Waals surface area (Å²) < 4.78 is 59.6. The van der Waals surface area contributed by atoms with Gasteiger partial charge in [-0.05, 0) is 40.9 Å². The summed E-state index contributed by atoms with van der Waals surface area (Å²) in [6, 6.07) is 8.66. The van der Waals surface area contributed by atoms with Crippen LogP contribution in [0.3, 0.4) is 0 Å². The van der Waals surface area contributed by atoms with Crippen molar-refractivity contribution in [3.63, 3.8) is 0 Å². The number of piperidine rings is 1. The van der Waals surface area contributed by atoms with E-state index >= 15 is 0 Å². The number of benzene rings is 2. The van der Waals surface area contributed by atoms with Gasteiger partial charge in [0.05, 0.1) is 10.2 Å². The molecular formula is C19H17BrF2N2O4S. The number of para-hydroxylation sites is 1. The third kappa shape index (κ3) is 3.64. The number of sulfonamides is 1. The highest BCUT2D eigenvalue weighted by Crippen LogP contribution is 2.33. The lowest BCUT2D eigenvalue weighted by molar-refractivity contribution is 0.136. The van der Waals surface area contributed by atoms with E-state index in [0.29, 0.717) is 18.9 Å². The van der Waals surface area contributed by atoms with E-state index in [1.807, 2.05) is 24.3 Å². The number of fused-ring (bicyclic) bond motifs is 1. The number of hydrogen-bond acceptors (Lipinski definition) is 4. The maximum absolute atomic E-state index is 14.1. The summed E-state index contributed by atoms with van der Waals surface area (Å²) in [5.74, 6) is -2.01. The summed E-state index contributed by atoms with van der Waals surface area (Å²) in [5, 5.41) is 0. The molecule has 2 aliphatic heterocycles. The normalized spacial score (nSPS) is 18.4. The Bertz CT molecular complexity index is 1070. The average molecular weight is 487 g/mol. The standard InChI is InChI=1S/C19H17BrF2N2O4S/c20-14-9-18(16(22)10-15(14)21)29(26,27)23-7-5-13(6-8-23)24-17-4-2-1-3-12(17)11-28-19(24)25/h1-4,9-10,13H,5-8,11H2. The summed E-state index contributed by atoms with van der Waals surface area (Å²) >= 11 is 2.90. The number of cyclic esters (lactones) is 1. The Kier molecular flexibility index (Phi) is 5.34. The van der Waals surface area contributed by atoms with Gasteiger partial charge in [0.2, 0.25) is 10.0 Å². The molecule has 2 aromatic carbocycles. The van der Waals surface area contributed by atoms with E-state index in [9.17, 15) is 22.0 Å². The largest absolute Gasteiger partial charge is 0.444 e. The van der Waals surface area contributed by atoms with Gasteiger partial charge >= 0.3 is 6.09 Å². The van der Waals surface area contributed by atoms with E-state index in [2.05, 4.69) is 15.9 Å². The second-order valence-electron chi connectivity index (χ2n) is 6.89. The minimum absolute atomic E-state index is 0.105. The molecule has 0 aliphatic carbocycles. The zero-order valence-electron chi connectivity index (χ0n) is 15.1. The number of carbonyl (C=O) groups is 1. The topological polar surface area (TPSA) is 66.9 Å². The predicted molar refractivity (Wildman–Crippen MR) is 105 cm³/mol. The lowest BCUT2D eigenvalue weighted by Gasteiger charge is -2.39. The smallest absolute Gasteiger partial charge is 0.414 e. The molecule has 6 nitrogen and oxygen atoms in total. The van der Waals surface area contributed by atoms with Gasteiger partial charge in [0.25, 0.3) is 0 Å². The lowest BCUT2D eigenvalue weighted by Crippen LogP contribution is -2.50. The van der Waals surface area contributed by atoms with Crippen molar-refractivity contribution in [2.24, 2.45) is 0 Å². The Labute approximate surface area is 175 Å². The Balaban J connectivity index is 1.54. The third-order valence-corrected chi connectivity index (χ3v) is 7.70. The predicted octanol–water partition coefficient (Wildman–Crippen LogP) is 4.04.